The first-order valence-electron chi connectivity index (χ1n) is 8.95. The predicted octanol–water partition coefficient (Wildman–Crippen LogP) is 3.67. The normalized spacial score (nSPS) is 23.0. The summed E-state index contributed by atoms with van der Waals surface area (Å²) >= 11 is 0. The maximum absolute atomic E-state index is 12.8. The second-order valence-electron chi connectivity index (χ2n) is 6.93. The fourth-order valence-corrected chi connectivity index (χ4v) is 4.23. The number of carbonyl (C=O) groups excluding carboxylic acids is 1. The summed E-state index contributed by atoms with van der Waals surface area (Å²) in [6.45, 7) is 1.07. The van der Waals surface area contributed by atoms with Gasteiger partial charge in [-0.1, -0.05) is 60.7 Å². The molecule has 0 bridgehead atoms. The summed E-state index contributed by atoms with van der Waals surface area (Å²) in [5, 5.41) is 1.22. The number of hydrogen-bond acceptors (Lipinski definition) is 2. The first-order valence-corrected chi connectivity index (χ1v) is 8.95. The highest BCUT2D eigenvalue weighted by Crippen LogP contribution is 2.43. The molecule has 0 radical (unpaired) electrons. The molecule has 2 aliphatic rings. The minimum atomic E-state index is -0.398. The minimum absolute atomic E-state index is 0.0555. The van der Waals surface area contributed by atoms with Crippen molar-refractivity contribution < 1.29 is 9.53 Å². The third kappa shape index (κ3) is 2.15. The van der Waals surface area contributed by atoms with Crippen LogP contribution in [0.3, 0.4) is 0 Å². The van der Waals surface area contributed by atoms with E-state index in [0.29, 0.717) is 13.2 Å². The van der Waals surface area contributed by atoms with E-state index >= 15 is 0 Å². The molecule has 0 aliphatic carbocycles. The van der Waals surface area contributed by atoms with Crippen molar-refractivity contribution in [3.63, 3.8) is 0 Å². The smallest absolute Gasteiger partial charge is 0.255 e. The van der Waals surface area contributed by atoms with E-state index in [1.54, 1.807) is 0 Å². The van der Waals surface area contributed by atoms with Crippen LogP contribution in [0.25, 0.3) is 17.0 Å². The molecule has 1 amide bonds. The number of ether oxygens (including phenoxy) is 1. The van der Waals surface area contributed by atoms with Crippen LogP contribution < -0.4 is 0 Å². The van der Waals surface area contributed by atoms with Crippen LogP contribution in [0, 0.1) is 0 Å². The molecule has 1 saturated heterocycles. The maximum atomic E-state index is 12.8. The summed E-state index contributed by atoms with van der Waals surface area (Å²) in [6.07, 6.45) is 3.75. The number of para-hydroxylation sites is 1. The average Bonchev–Trinajstić information content (AvgIpc) is 2.93. The number of hydrogen-bond donors (Lipinski definition) is 0. The van der Waals surface area contributed by atoms with Crippen molar-refractivity contribution in [1.82, 2.24) is 9.47 Å². The molecule has 0 N–H and O–H groups in total. The van der Waals surface area contributed by atoms with Gasteiger partial charge in [-0.25, -0.2) is 0 Å². The summed E-state index contributed by atoms with van der Waals surface area (Å²) in [4.78, 5) is 14.7. The largest absolute Gasteiger partial charge is 0.362 e. The summed E-state index contributed by atoms with van der Waals surface area (Å²) in [7, 11) is 2.08. The Morgan fingerprint density at radius 3 is 2.69 bits per heavy atom. The molecule has 1 aromatic heterocycles. The number of rotatable bonds is 2. The zero-order valence-corrected chi connectivity index (χ0v) is 14.6. The van der Waals surface area contributed by atoms with Crippen molar-refractivity contribution in [3.8, 4) is 0 Å². The van der Waals surface area contributed by atoms with E-state index in [9.17, 15) is 4.79 Å². The second kappa shape index (κ2) is 5.85. The summed E-state index contributed by atoms with van der Waals surface area (Å²) in [5.74, 6) is 0.0744. The number of nitrogens with zero attached hydrogens (tertiary/aromatic N) is 2. The standard InChI is InChI=1S/C22H20N2O2/c1-23-18-12-6-5-10-16(18)17-11-7-13-26-21-20(19(17)23)24(22(21)25)14-15-8-3-2-4-9-15/h2-12,20-21H,13-14H2,1H3/b11-7-/t20-,21+/m0/s1. The van der Waals surface area contributed by atoms with Gasteiger partial charge in [-0.2, -0.15) is 0 Å². The van der Waals surface area contributed by atoms with Crippen LogP contribution in [0.4, 0.5) is 0 Å². The quantitative estimate of drug-likeness (QED) is 0.665. The van der Waals surface area contributed by atoms with Gasteiger partial charge in [0.15, 0.2) is 6.10 Å². The summed E-state index contributed by atoms with van der Waals surface area (Å²) < 4.78 is 8.09. The van der Waals surface area contributed by atoms with Crippen LogP contribution in [0.2, 0.25) is 0 Å². The van der Waals surface area contributed by atoms with E-state index in [1.807, 2.05) is 29.2 Å². The SMILES string of the molecule is Cn1c2c(c3ccccc31)/C=C\CO[C@H]1C(=O)N(Cc3ccccc3)[C@@H]21. The molecule has 4 heteroatoms. The van der Waals surface area contributed by atoms with E-state index < -0.39 is 6.10 Å². The molecule has 5 rings (SSSR count). The minimum Gasteiger partial charge on any atom is -0.362 e. The second-order valence-corrected chi connectivity index (χ2v) is 6.93. The molecule has 26 heavy (non-hydrogen) atoms. The van der Waals surface area contributed by atoms with Crippen LogP contribution in [0.5, 0.6) is 0 Å². The van der Waals surface area contributed by atoms with Crippen LogP contribution in [0.15, 0.2) is 60.7 Å². The van der Waals surface area contributed by atoms with Gasteiger partial charge in [0, 0.05) is 30.1 Å². The van der Waals surface area contributed by atoms with E-state index in [-0.39, 0.29) is 11.9 Å². The predicted molar refractivity (Wildman–Crippen MR) is 101 cm³/mol. The van der Waals surface area contributed by atoms with Gasteiger partial charge in [0.25, 0.3) is 5.91 Å². The first kappa shape index (κ1) is 15.4. The molecule has 0 unspecified atom stereocenters. The lowest BCUT2D eigenvalue weighted by molar-refractivity contribution is -0.175. The number of benzene rings is 2. The first-order chi connectivity index (χ1) is 12.8. The number of likely N-dealkylation sites (tertiary alicyclic amines) is 1. The fraction of sp³-hybridized carbons (Fsp3) is 0.227. The lowest BCUT2D eigenvalue weighted by atomic mass is 9.90. The Morgan fingerprint density at radius 1 is 1.08 bits per heavy atom. The zero-order chi connectivity index (χ0) is 17.7. The number of carbonyl (C=O) groups is 1. The molecular weight excluding hydrogens is 324 g/mol. The Balaban J connectivity index is 1.64. The Morgan fingerprint density at radius 2 is 1.85 bits per heavy atom. The van der Waals surface area contributed by atoms with Crippen LogP contribution in [-0.4, -0.2) is 28.1 Å². The third-order valence-corrected chi connectivity index (χ3v) is 5.47. The molecular formula is C22H20N2O2. The van der Waals surface area contributed by atoms with Crippen molar-refractivity contribution in [2.45, 2.75) is 18.7 Å². The van der Waals surface area contributed by atoms with E-state index in [1.165, 1.54) is 16.5 Å². The van der Waals surface area contributed by atoms with Gasteiger partial charge < -0.3 is 14.2 Å². The average molecular weight is 344 g/mol. The monoisotopic (exact) mass is 344 g/mol. The van der Waals surface area contributed by atoms with Crippen LogP contribution in [0.1, 0.15) is 22.9 Å². The van der Waals surface area contributed by atoms with Crippen molar-refractivity contribution in [3.05, 3.63) is 77.5 Å². The number of fused-ring (bicyclic) bond motifs is 5. The van der Waals surface area contributed by atoms with Gasteiger partial charge in [0.05, 0.1) is 12.3 Å². The van der Waals surface area contributed by atoms with Crippen molar-refractivity contribution >= 4 is 22.9 Å². The van der Waals surface area contributed by atoms with Crippen LogP contribution in [-0.2, 0) is 23.1 Å². The Labute approximate surface area is 152 Å². The van der Waals surface area contributed by atoms with Crippen molar-refractivity contribution in [2.24, 2.45) is 7.05 Å². The molecule has 0 saturated carbocycles. The molecule has 2 aliphatic heterocycles. The molecule has 130 valence electrons. The topological polar surface area (TPSA) is 34.5 Å². The van der Waals surface area contributed by atoms with Gasteiger partial charge in [0.1, 0.15) is 6.04 Å². The van der Waals surface area contributed by atoms with E-state index in [2.05, 4.69) is 54.1 Å². The lowest BCUT2D eigenvalue weighted by Gasteiger charge is -2.47. The highest BCUT2D eigenvalue weighted by atomic mass is 16.5. The third-order valence-electron chi connectivity index (χ3n) is 5.47. The van der Waals surface area contributed by atoms with Gasteiger partial charge in [-0.15, -0.1) is 0 Å². The van der Waals surface area contributed by atoms with Gasteiger partial charge in [-0.05, 0) is 11.6 Å². The summed E-state index contributed by atoms with van der Waals surface area (Å²) in [6, 6.07) is 18.5. The molecule has 2 aromatic carbocycles. The van der Waals surface area contributed by atoms with E-state index in [4.69, 9.17) is 4.74 Å². The molecule has 3 aromatic rings. The number of aryl methyl sites for hydroxylation is 1. The maximum Gasteiger partial charge on any atom is 0.255 e. The Bertz CT molecular complexity index is 1020. The molecule has 3 heterocycles. The van der Waals surface area contributed by atoms with Gasteiger partial charge in [-0.3, -0.25) is 4.79 Å². The number of β-lactam (4-membered cyclic amide) rings is 1. The molecule has 1 fully saturated rings. The highest BCUT2D eigenvalue weighted by Gasteiger charge is 2.51. The van der Waals surface area contributed by atoms with Gasteiger partial charge in [0.2, 0.25) is 0 Å². The molecule has 4 nitrogen and oxygen atoms in total. The van der Waals surface area contributed by atoms with Crippen molar-refractivity contribution in [2.75, 3.05) is 6.61 Å². The summed E-state index contributed by atoms with van der Waals surface area (Å²) in [5.41, 5.74) is 4.67. The molecule has 2 atom stereocenters. The highest BCUT2D eigenvalue weighted by molar-refractivity contribution is 5.95. The fourth-order valence-electron chi connectivity index (χ4n) is 4.23. The molecule has 0 spiro atoms. The lowest BCUT2D eigenvalue weighted by Crippen LogP contribution is -2.60. The number of aromatic nitrogens is 1. The Hall–Kier alpha value is -2.85. The van der Waals surface area contributed by atoms with E-state index in [0.717, 1.165) is 11.3 Å². The Kier molecular flexibility index (Phi) is 3.47. The van der Waals surface area contributed by atoms with Gasteiger partial charge >= 0.3 is 0 Å². The van der Waals surface area contributed by atoms with Crippen molar-refractivity contribution in [1.29, 1.82) is 0 Å². The number of amides is 1. The zero-order valence-electron chi connectivity index (χ0n) is 14.6. The van der Waals surface area contributed by atoms with Crippen LogP contribution >= 0.6 is 0 Å².